The third-order valence-corrected chi connectivity index (χ3v) is 11.9. The summed E-state index contributed by atoms with van der Waals surface area (Å²) in [5.74, 6) is -0.738. The lowest BCUT2D eigenvalue weighted by Crippen LogP contribution is -2.50. The van der Waals surface area contributed by atoms with Gasteiger partial charge in [0, 0.05) is 92.2 Å². The molecule has 0 bridgehead atoms. The minimum Gasteiger partial charge on any atom is -0.490 e. The number of esters is 1. The van der Waals surface area contributed by atoms with Gasteiger partial charge in [0.05, 0.1) is 35.2 Å². The van der Waals surface area contributed by atoms with Crippen LogP contribution in [-0.4, -0.2) is 99.9 Å². The van der Waals surface area contributed by atoms with Crippen molar-refractivity contribution in [2.45, 2.75) is 25.9 Å². The van der Waals surface area contributed by atoms with Gasteiger partial charge in [-0.3, -0.25) is 43.9 Å². The molecule has 10 rings (SSSR count). The Balaban J connectivity index is 0.000000162. The Morgan fingerprint density at radius 1 is 0.703 bits per heavy atom. The zero-order valence-electron chi connectivity index (χ0n) is 35.3. The summed E-state index contributed by atoms with van der Waals surface area (Å²) in [6.07, 6.45) is 4.40. The van der Waals surface area contributed by atoms with Crippen LogP contribution in [0.2, 0.25) is 0 Å². The molecular formula is C51H45FN6O6. The molecule has 0 saturated carbocycles. The zero-order chi connectivity index (χ0) is 44.2. The van der Waals surface area contributed by atoms with Gasteiger partial charge < -0.3 is 14.4 Å². The van der Waals surface area contributed by atoms with Crippen LogP contribution in [0.3, 0.4) is 0 Å². The average Bonchev–Trinajstić information content (AvgIpc) is 3.78. The molecule has 1 saturated heterocycles. The van der Waals surface area contributed by atoms with Crippen LogP contribution in [0, 0.1) is 5.92 Å². The highest BCUT2D eigenvalue weighted by Crippen LogP contribution is 2.38. The van der Waals surface area contributed by atoms with Crippen LogP contribution in [0.1, 0.15) is 53.6 Å². The quantitative estimate of drug-likeness (QED) is 0.0847. The average molecular weight is 857 g/mol. The van der Waals surface area contributed by atoms with Crippen molar-refractivity contribution in [3.05, 3.63) is 167 Å². The van der Waals surface area contributed by atoms with E-state index in [2.05, 4.69) is 27.0 Å². The summed E-state index contributed by atoms with van der Waals surface area (Å²) in [6, 6.07) is 36.8. The topological polar surface area (TPSA) is 135 Å². The first-order valence-corrected chi connectivity index (χ1v) is 21.3. The largest absolute Gasteiger partial charge is 0.490 e. The van der Waals surface area contributed by atoms with Crippen molar-refractivity contribution in [1.82, 2.24) is 29.7 Å². The van der Waals surface area contributed by atoms with Crippen LogP contribution >= 0.6 is 0 Å². The Hall–Kier alpha value is -7.38. The highest BCUT2D eigenvalue weighted by atomic mass is 19.1. The SMILES string of the molecule is COC(=O)C1CN(Cc2cccc3c2C(=O)N(CCc2ccc4ccccc4n2)C3)C1.O=C1c2c(OCCF)ccc(-c3ccncc3)c2C(=O)N1CCc1ccc2ccccc2n1. The normalized spacial score (nSPS) is 14.6. The van der Waals surface area contributed by atoms with Gasteiger partial charge >= 0.3 is 5.97 Å². The number of carbonyl (C=O) groups excluding carboxylic acids is 4. The lowest BCUT2D eigenvalue weighted by Gasteiger charge is -2.37. The van der Waals surface area contributed by atoms with Gasteiger partial charge in [-0.15, -0.1) is 0 Å². The maximum Gasteiger partial charge on any atom is 0.311 e. The lowest BCUT2D eigenvalue weighted by atomic mass is 9.96. The number of hydrogen-bond acceptors (Lipinski definition) is 10. The monoisotopic (exact) mass is 856 g/mol. The smallest absolute Gasteiger partial charge is 0.311 e. The number of carbonyl (C=O) groups is 4. The van der Waals surface area contributed by atoms with Gasteiger partial charge in [0.15, 0.2) is 0 Å². The van der Waals surface area contributed by atoms with E-state index < -0.39 is 18.5 Å². The number of para-hydroxylation sites is 2. The number of rotatable bonds is 13. The fourth-order valence-electron chi connectivity index (χ4n) is 8.66. The number of fused-ring (bicyclic) bond motifs is 4. The van der Waals surface area contributed by atoms with E-state index in [1.54, 1.807) is 36.7 Å². The number of benzene rings is 4. The summed E-state index contributed by atoms with van der Waals surface area (Å²) in [4.78, 5) is 70.2. The molecule has 0 aliphatic carbocycles. The number of pyridine rings is 3. The van der Waals surface area contributed by atoms with Crippen LogP contribution < -0.4 is 4.74 Å². The molecule has 4 aromatic carbocycles. The number of methoxy groups -OCH3 is 1. The molecule has 3 amide bonds. The highest BCUT2D eigenvalue weighted by Gasteiger charge is 2.40. The van der Waals surface area contributed by atoms with E-state index in [1.165, 1.54) is 12.0 Å². The molecule has 12 nitrogen and oxygen atoms in total. The number of ether oxygens (including phenoxy) is 2. The Bertz CT molecular complexity index is 2900. The first-order valence-electron chi connectivity index (χ1n) is 21.3. The second kappa shape index (κ2) is 18.5. The summed E-state index contributed by atoms with van der Waals surface area (Å²) in [5.41, 5.74) is 8.40. The maximum atomic E-state index is 13.4. The molecule has 3 aromatic heterocycles. The van der Waals surface area contributed by atoms with Gasteiger partial charge in [-0.1, -0.05) is 66.7 Å². The number of aromatic nitrogens is 3. The molecule has 64 heavy (non-hydrogen) atoms. The van der Waals surface area contributed by atoms with Crippen LogP contribution in [0.25, 0.3) is 32.9 Å². The maximum absolute atomic E-state index is 13.4. The lowest BCUT2D eigenvalue weighted by molar-refractivity contribution is -0.151. The van der Waals surface area contributed by atoms with Crippen molar-refractivity contribution in [2.75, 3.05) is 46.6 Å². The summed E-state index contributed by atoms with van der Waals surface area (Å²) in [5, 5.41) is 2.15. The number of amides is 3. The van der Waals surface area contributed by atoms with Crippen LogP contribution in [-0.2, 0) is 35.5 Å². The third kappa shape index (κ3) is 8.54. The molecule has 3 aliphatic heterocycles. The molecule has 0 spiro atoms. The van der Waals surface area contributed by atoms with Crippen molar-refractivity contribution in [1.29, 1.82) is 0 Å². The van der Waals surface area contributed by atoms with Gasteiger partial charge in [-0.05, 0) is 70.8 Å². The molecular weight excluding hydrogens is 812 g/mol. The number of imide groups is 1. The molecule has 322 valence electrons. The third-order valence-electron chi connectivity index (χ3n) is 11.9. The minimum absolute atomic E-state index is 0.0524. The van der Waals surface area contributed by atoms with E-state index in [0.717, 1.165) is 61.9 Å². The minimum atomic E-state index is -0.694. The van der Waals surface area contributed by atoms with E-state index >= 15 is 0 Å². The number of hydrogen-bond donors (Lipinski definition) is 0. The van der Waals surface area contributed by atoms with Crippen molar-refractivity contribution >= 4 is 45.5 Å². The molecule has 7 aromatic rings. The first kappa shape index (κ1) is 41.9. The Labute approximate surface area is 369 Å². The van der Waals surface area contributed by atoms with Gasteiger partial charge in [0.1, 0.15) is 19.0 Å². The molecule has 0 radical (unpaired) electrons. The van der Waals surface area contributed by atoms with Gasteiger partial charge in [0.25, 0.3) is 17.7 Å². The second-order valence-corrected chi connectivity index (χ2v) is 16.0. The van der Waals surface area contributed by atoms with Gasteiger partial charge in [-0.25, -0.2) is 4.39 Å². The fraction of sp³-hybridized carbons (Fsp3) is 0.235. The Morgan fingerprint density at radius 3 is 2.03 bits per heavy atom. The number of alkyl halides is 1. The summed E-state index contributed by atoms with van der Waals surface area (Å²) in [7, 11) is 1.43. The van der Waals surface area contributed by atoms with Crippen molar-refractivity contribution in [3.8, 4) is 16.9 Å². The van der Waals surface area contributed by atoms with E-state index in [-0.39, 0.29) is 47.8 Å². The Morgan fingerprint density at radius 2 is 1.36 bits per heavy atom. The van der Waals surface area contributed by atoms with Crippen molar-refractivity contribution in [3.63, 3.8) is 0 Å². The highest BCUT2D eigenvalue weighted by molar-refractivity contribution is 6.25. The van der Waals surface area contributed by atoms with Crippen LogP contribution in [0.5, 0.6) is 5.75 Å². The molecule has 13 heteroatoms. The predicted molar refractivity (Wildman–Crippen MR) is 239 cm³/mol. The van der Waals surface area contributed by atoms with Gasteiger partial charge in [-0.2, -0.15) is 0 Å². The number of likely N-dealkylation sites (tertiary alicyclic amines) is 1. The fourth-order valence-corrected chi connectivity index (χ4v) is 8.66. The molecule has 1 fully saturated rings. The molecule has 6 heterocycles. The van der Waals surface area contributed by atoms with Crippen LogP contribution in [0.4, 0.5) is 4.39 Å². The molecule has 3 aliphatic rings. The van der Waals surface area contributed by atoms with Crippen molar-refractivity contribution < 1.29 is 33.0 Å². The molecule has 0 atom stereocenters. The first-order chi connectivity index (χ1) is 31.3. The standard InChI is InChI=1S/C26H20FN3O3.C25H25N3O3/c27-12-16-33-22-8-7-20(17-9-13-28-14-10-17)23-24(22)26(32)30(25(23)31)15-11-19-6-5-18-3-1-2-4-21(18)29-19;1-31-25(30)20-14-27(15-20)13-18-6-4-7-19-16-28(24(29)23(18)19)12-11-21-10-9-17-5-2-3-8-22(17)26-21/h1-10,13-14H,11-12,15-16H2;2-10,20H,11-16H2,1H3. The van der Waals surface area contributed by atoms with E-state index in [1.807, 2.05) is 83.8 Å². The summed E-state index contributed by atoms with van der Waals surface area (Å²) >= 11 is 0. The zero-order valence-corrected chi connectivity index (χ0v) is 35.3. The summed E-state index contributed by atoms with van der Waals surface area (Å²) < 4.78 is 23.0. The van der Waals surface area contributed by atoms with E-state index in [4.69, 9.17) is 14.5 Å². The van der Waals surface area contributed by atoms with Crippen LogP contribution in [0.15, 0.2) is 128 Å². The Kier molecular flexibility index (Phi) is 12.1. The number of nitrogens with zero attached hydrogens (tertiary/aromatic N) is 6. The molecule has 0 N–H and O–H groups in total. The van der Waals surface area contributed by atoms with E-state index in [9.17, 15) is 23.6 Å². The molecule has 0 unspecified atom stereocenters. The van der Waals surface area contributed by atoms with E-state index in [0.29, 0.717) is 44.7 Å². The van der Waals surface area contributed by atoms with Gasteiger partial charge in [0.2, 0.25) is 0 Å². The summed E-state index contributed by atoms with van der Waals surface area (Å²) in [6.45, 7) is 2.62. The second-order valence-electron chi connectivity index (χ2n) is 16.0. The predicted octanol–water partition coefficient (Wildman–Crippen LogP) is 7.52. The van der Waals surface area contributed by atoms with Crippen molar-refractivity contribution in [2.24, 2.45) is 5.92 Å². The number of halogens is 1.